The quantitative estimate of drug-likeness (QED) is 0.317. The highest BCUT2D eigenvalue weighted by Crippen LogP contribution is 2.45. The van der Waals surface area contributed by atoms with Crippen LogP contribution in [0.4, 0.5) is 5.13 Å². The van der Waals surface area contributed by atoms with Gasteiger partial charge >= 0.3 is 5.91 Å². The highest BCUT2D eigenvalue weighted by atomic mass is 32.1. The first-order valence-corrected chi connectivity index (χ1v) is 11.2. The van der Waals surface area contributed by atoms with Crippen LogP contribution in [-0.2, 0) is 9.59 Å². The van der Waals surface area contributed by atoms with Crippen molar-refractivity contribution in [3.8, 4) is 17.2 Å². The van der Waals surface area contributed by atoms with Crippen molar-refractivity contribution >= 4 is 33.9 Å². The fourth-order valence-electron chi connectivity index (χ4n) is 3.83. The number of ketones is 1. The van der Waals surface area contributed by atoms with Crippen LogP contribution < -0.4 is 19.1 Å². The number of ether oxygens (including phenoxy) is 3. The molecule has 1 saturated heterocycles. The Labute approximate surface area is 201 Å². The van der Waals surface area contributed by atoms with Gasteiger partial charge in [0, 0.05) is 10.4 Å². The molecule has 1 amide bonds. The van der Waals surface area contributed by atoms with Crippen molar-refractivity contribution in [1.29, 1.82) is 0 Å². The molecule has 1 aliphatic rings. The zero-order chi connectivity index (χ0) is 24.6. The molecule has 1 aliphatic heterocycles. The van der Waals surface area contributed by atoms with Crippen LogP contribution in [0, 0.1) is 13.8 Å². The average Bonchev–Trinajstić information content (AvgIpc) is 3.32. The van der Waals surface area contributed by atoms with Crippen molar-refractivity contribution in [3.05, 3.63) is 69.7 Å². The summed E-state index contributed by atoms with van der Waals surface area (Å²) in [5, 5.41) is 11.6. The third-order valence-corrected chi connectivity index (χ3v) is 6.83. The van der Waals surface area contributed by atoms with Crippen LogP contribution >= 0.6 is 11.3 Å². The van der Waals surface area contributed by atoms with Crippen molar-refractivity contribution in [1.82, 2.24) is 4.98 Å². The van der Waals surface area contributed by atoms with Crippen LogP contribution in [0.1, 0.15) is 27.7 Å². The second-order valence-electron chi connectivity index (χ2n) is 7.65. The number of amides is 1. The topological polar surface area (TPSA) is 98.2 Å². The van der Waals surface area contributed by atoms with E-state index in [0.717, 1.165) is 10.6 Å². The molecule has 2 heterocycles. The molecule has 4 rings (SSSR count). The van der Waals surface area contributed by atoms with Gasteiger partial charge in [0.05, 0.1) is 38.6 Å². The Bertz CT molecular complexity index is 1280. The van der Waals surface area contributed by atoms with Crippen molar-refractivity contribution in [2.24, 2.45) is 0 Å². The number of aliphatic hydroxyl groups excluding tert-OH is 1. The van der Waals surface area contributed by atoms with Crippen LogP contribution in [0.15, 0.2) is 48.0 Å². The van der Waals surface area contributed by atoms with Gasteiger partial charge < -0.3 is 19.3 Å². The van der Waals surface area contributed by atoms with E-state index in [1.807, 2.05) is 13.8 Å². The molecule has 2 aromatic carbocycles. The molecule has 1 aromatic heterocycles. The summed E-state index contributed by atoms with van der Waals surface area (Å²) in [5.74, 6) is -0.307. The van der Waals surface area contributed by atoms with E-state index in [2.05, 4.69) is 4.98 Å². The molecule has 9 heteroatoms. The highest BCUT2D eigenvalue weighted by Gasteiger charge is 2.48. The number of Topliss-reactive ketones (excluding diaryl/α,β-unsaturated/α-hetero) is 1. The fourth-order valence-corrected chi connectivity index (χ4v) is 4.77. The molecule has 0 radical (unpaired) electrons. The van der Waals surface area contributed by atoms with Gasteiger partial charge in [-0.2, -0.15) is 0 Å². The monoisotopic (exact) mass is 480 g/mol. The number of hydrogen-bond donors (Lipinski definition) is 1. The molecule has 0 aliphatic carbocycles. The first-order chi connectivity index (χ1) is 16.3. The summed E-state index contributed by atoms with van der Waals surface area (Å²) in [6, 6.07) is 10.8. The Kier molecular flexibility index (Phi) is 6.30. The minimum absolute atomic E-state index is 0.0344. The maximum Gasteiger partial charge on any atom is 0.301 e. The van der Waals surface area contributed by atoms with Crippen LogP contribution in [0.3, 0.4) is 0 Å². The van der Waals surface area contributed by atoms with Gasteiger partial charge in [0.2, 0.25) is 0 Å². The van der Waals surface area contributed by atoms with Gasteiger partial charge in [-0.3, -0.25) is 14.5 Å². The number of nitrogens with zero attached hydrogens (tertiary/aromatic N) is 2. The number of carbonyl (C=O) groups is 2. The number of rotatable bonds is 6. The molecule has 0 saturated carbocycles. The molecule has 1 fully saturated rings. The summed E-state index contributed by atoms with van der Waals surface area (Å²) in [7, 11) is 4.56. The third kappa shape index (κ3) is 3.88. The van der Waals surface area contributed by atoms with E-state index in [-0.39, 0.29) is 11.3 Å². The van der Waals surface area contributed by atoms with Gasteiger partial charge in [-0.25, -0.2) is 4.98 Å². The van der Waals surface area contributed by atoms with Crippen molar-refractivity contribution in [3.63, 3.8) is 0 Å². The van der Waals surface area contributed by atoms with E-state index in [1.165, 1.54) is 37.6 Å². The minimum Gasteiger partial charge on any atom is -0.507 e. The van der Waals surface area contributed by atoms with E-state index < -0.39 is 17.7 Å². The van der Waals surface area contributed by atoms with E-state index in [1.54, 1.807) is 42.5 Å². The summed E-state index contributed by atoms with van der Waals surface area (Å²) < 4.78 is 16.0. The van der Waals surface area contributed by atoms with Gasteiger partial charge in [-0.1, -0.05) is 6.07 Å². The third-order valence-electron chi connectivity index (χ3n) is 5.75. The summed E-state index contributed by atoms with van der Waals surface area (Å²) in [6.07, 6.45) is 0. The molecule has 0 bridgehead atoms. The lowest BCUT2D eigenvalue weighted by Gasteiger charge is -2.23. The number of aliphatic hydroxyl groups is 1. The van der Waals surface area contributed by atoms with E-state index in [4.69, 9.17) is 14.2 Å². The predicted molar refractivity (Wildman–Crippen MR) is 129 cm³/mol. The largest absolute Gasteiger partial charge is 0.507 e. The van der Waals surface area contributed by atoms with E-state index in [0.29, 0.717) is 33.5 Å². The van der Waals surface area contributed by atoms with Crippen LogP contribution in [0.5, 0.6) is 17.2 Å². The lowest BCUT2D eigenvalue weighted by Crippen LogP contribution is -2.29. The normalized spacial score (nSPS) is 17.2. The second kappa shape index (κ2) is 9.18. The van der Waals surface area contributed by atoms with E-state index >= 15 is 0 Å². The molecule has 0 unspecified atom stereocenters. The Balaban J connectivity index is 1.95. The maximum atomic E-state index is 13.3. The number of methoxy groups -OCH3 is 3. The SMILES string of the molecule is COc1ccc(C(O)=C2C(=O)C(=O)N(c3nc(C)c(C)s3)[C@@H]2c2ccc(OC)c(OC)c2)cc1. The van der Waals surface area contributed by atoms with Gasteiger partial charge in [-0.05, 0) is 55.8 Å². The molecule has 176 valence electrons. The fraction of sp³-hybridized carbons (Fsp3) is 0.240. The van der Waals surface area contributed by atoms with Crippen molar-refractivity contribution in [2.45, 2.75) is 19.9 Å². The molecular formula is C25H24N2O6S. The first-order valence-electron chi connectivity index (χ1n) is 10.4. The van der Waals surface area contributed by atoms with Gasteiger partial charge in [0.1, 0.15) is 11.5 Å². The molecule has 0 spiro atoms. The van der Waals surface area contributed by atoms with Gasteiger partial charge in [-0.15, -0.1) is 11.3 Å². The summed E-state index contributed by atoms with van der Waals surface area (Å²) in [5.41, 5.74) is 1.68. The summed E-state index contributed by atoms with van der Waals surface area (Å²) in [4.78, 5) is 33.3. The van der Waals surface area contributed by atoms with Gasteiger partial charge in [0.15, 0.2) is 16.6 Å². The number of hydrogen-bond acceptors (Lipinski definition) is 8. The summed E-state index contributed by atoms with van der Waals surface area (Å²) >= 11 is 1.31. The zero-order valence-electron chi connectivity index (χ0n) is 19.4. The minimum atomic E-state index is -0.910. The first kappa shape index (κ1) is 23.3. The predicted octanol–water partition coefficient (Wildman–Crippen LogP) is 4.41. The zero-order valence-corrected chi connectivity index (χ0v) is 20.2. The molecule has 3 aromatic rings. The number of thiazole rings is 1. The van der Waals surface area contributed by atoms with Crippen LogP contribution in [0.25, 0.3) is 5.76 Å². The summed E-state index contributed by atoms with van der Waals surface area (Å²) in [6.45, 7) is 3.74. The van der Waals surface area contributed by atoms with E-state index in [9.17, 15) is 14.7 Å². The van der Waals surface area contributed by atoms with Crippen molar-refractivity contribution < 1.29 is 28.9 Å². The van der Waals surface area contributed by atoms with Crippen molar-refractivity contribution in [2.75, 3.05) is 26.2 Å². The Morgan fingerprint density at radius 3 is 2.21 bits per heavy atom. The lowest BCUT2D eigenvalue weighted by molar-refractivity contribution is -0.132. The second-order valence-corrected chi connectivity index (χ2v) is 8.83. The number of anilines is 1. The number of aromatic nitrogens is 1. The molecule has 34 heavy (non-hydrogen) atoms. The lowest BCUT2D eigenvalue weighted by atomic mass is 9.95. The molecular weight excluding hydrogens is 456 g/mol. The van der Waals surface area contributed by atoms with Gasteiger partial charge in [0.25, 0.3) is 5.78 Å². The van der Waals surface area contributed by atoms with Crippen LogP contribution in [0.2, 0.25) is 0 Å². The molecule has 1 atom stereocenters. The maximum absolute atomic E-state index is 13.3. The number of benzene rings is 2. The Morgan fingerprint density at radius 2 is 1.65 bits per heavy atom. The van der Waals surface area contributed by atoms with Crippen LogP contribution in [-0.4, -0.2) is 43.1 Å². The molecule has 8 nitrogen and oxygen atoms in total. The average molecular weight is 481 g/mol. The Morgan fingerprint density at radius 1 is 0.971 bits per heavy atom. The number of aryl methyl sites for hydroxylation is 2. The smallest absolute Gasteiger partial charge is 0.301 e. The standard InChI is InChI=1S/C25H24N2O6S/c1-13-14(2)34-25(26-13)27-21(16-8-11-18(32-4)19(12-16)33-5)20(23(29)24(27)30)22(28)15-6-9-17(31-3)10-7-15/h6-12,21,28H,1-5H3/t21-/m1/s1. The highest BCUT2D eigenvalue weighted by molar-refractivity contribution is 7.16. The number of carbonyl (C=O) groups excluding carboxylic acids is 2. The molecule has 1 N–H and O–H groups in total. The Hall–Kier alpha value is -3.85.